The fraction of sp³-hybridized carbons (Fsp3) is 0.300. The van der Waals surface area contributed by atoms with Crippen LogP contribution in [0.15, 0.2) is 66.3 Å². The SMILES string of the molecule is C=C(C)C(=O)OCCCOC1(Cl)C=CC(C(=O)c2ccccc2)=CC1. The minimum Gasteiger partial charge on any atom is -0.462 e. The normalized spacial score (nSPS) is 19.2. The minimum atomic E-state index is -0.973. The van der Waals surface area contributed by atoms with Crippen LogP contribution in [-0.2, 0) is 14.3 Å². The summed E-state index contributed by atoms with van der Waals surface area (Å²) in [6.45, 7) is 5.70. The maximum Gasteiger partial charge on any atom is 0.333 e. The number of allylic oxidation sites excluding steroid dienone is 2. The van der Waals surface area contributed by atoms with Crippen LogP contribution in [0.2, 0.25) is 0 Å². The van der Waals surface area contributed by atoms with Crippen molar-refractivity contribution in [2.75, 3.05) is 13.2 Å². The first kappa shape index (κ1) is 19.2. The van der Waals surface area contributed by atoms with Crippen LogP contribution in [0.5, 0.6) is 0 Å². The van der Waals surface area contributed by atoms with Crippen molar-refractivity contribution in [3.63, 3.8) is 0 Å². The fourth-order valence-corrected chi connectivity index (χ4v) is 2.44. The van der Waals surface area contributed by atoms with Crippen molar-refractivity contribution in [3.05, 3.63) is 71.8 Å². The Morgan fingerprint density at radius 1 is 1.24 bits per heavy atom. The molecule has 0 aliphatic heterocycles. The van der Waals surface area contributed by atoms with E-state index < -0.39 is 11.0 Å². The number of hydrogen-bond donors (Lipinski definition) is 0. The second-order valence-corrected chi connectivity index (χ2v) is 6.44. The molecule has 0 saturated carbocycles. The summed E-state index contributed by atoms with van der Waals surface area (Å²) in [5.41, 5.74) is 1.60. The Kier molecular flexibility index (Phi) is 6.73. The molecule has 4 nitrogen and oxygen atoms in total. The minimum absolute atomic E-state index is 0.0396. The van der Waals surface area contributed by atoms with Crippen molar-refractivity contribution >= 4 is 23.4 Å². The van der Waals surface area contributed by atoms with Gasteiger partial charge in [0.25, 0.3) is 0 Å². The summed E-state index contributed by atoms with van der Waals surface area (Å²) in [5, 5.41) is -0.973. The number of ketones is 1. The molecular weight excluding hydrogens is 340 g/mol. The zero-order valence-electron chi connectivity index (χ0n) is 14.2. The first-order valence-electron chi connectivity index (χ1n) is 8.06. The highest BCUT2D eigenvalue weighted by atomic mass is 35.5. The van der Waals surface area contributed by atoms with Gasteiger partial charge in [-0.05, 0) is 13.0 Å². The Labute approximate surface area is 152 Å². The van der Waals surface area contributed by atoms with E-state index in [4.69, 9.17) is 21.1 Å². The van der Waals surface area contributed by atoms with Crippen LogP contribution >= 0.6 is 11.6 Å². The molecule has 1 aliphatic rings. The van der Waals surface area contributed by atoms with Gasteiger partial charge in [-0.15, -0.1) is 0 Å². The van der Waals surface area contributed by atoms with Gasteiger partial charge in [-0.2, -0.15) is 0 Å². The van der Waals surface area contributed by atoms with Crippen LogP contribution in [0, 0.1) is 0 Å². The van der Waals surface area contributed by atoms with Crippen LogP contribution in [-0.4, -0.2) is 30.0 Å². The highest BCUT2D eigenvalue weighted by Gasteiger charge is 2.27. The van der Waals surface area contributed by atoms with Gasteiger partial charge in [-0.3, -0.25) is 4.79 Å². The summed E-state index contributed by atoms with van der Waals surface area (Å²) >= 11 is 6.40. The van der Waals surface area contributed by atoms with Gasteiger partial charge in [-0.1, -0.05) is 60.7 Å². The van der Waals surface area contributed by atoms with Crippen molar-refractivity contribution < 1.29 is 19.1 Å². The zero-order chi connectivity index (χ0) is 18.3. The third kappa shape index (κ3) is 5.69. The summed E-state index contributed by atoms with van der Waals surface area (Å²) in [6.07, 6.45) is 6.08. The maximum absolute atomic E-state index is 12.4. The lowest BCUT2D eigenvalue weighted by Gasteiger charge is -2.25. The van der Waals surface area contributed by atoms with Crippen LogP contribution in [0.4, 0.5) is 0 Å². The number of rotatable bonds is 8. The molecule has 2 rings (SSSR count). The summed E-state index contributed by atoms with van der Waals surface area (Å²) in [7, 11) is 0. The van der Waals surface area contributed by atoms with E-state index in [9.17, 15) is 9.59 Å². The van der Waals surface area contributed by atoms with E-state index in [1.165, 1.54) is 0 Å². The monoisotopic (exact) mass is 360 g/mol. The predicted molar refractivity (Wildman–Crippen MR) is 97.5 cm³/mol. The molecule has 0 spiro atoms. The molecule has 0 bridgehead atoms. The highest BCUT2D eigenvalue weighted by molar-refractivity contribution is 6.24. The van der Waals surface area contributed by atoms with E-state index in [1.807, 2.05) is 18.2 Å². The van der Waals surface area contributed by atoms with Gasteiger partial charge in [0.1, 0.15) is 0 Å². The lowest BCUT2D eigenvalue weighted by atomic mass is 9.97. The van der Waals surface area contributed by atoms with E-state index >= 15 is 0 Å². The number of carbonyl (C=O) groups is 2. The molecule has 0 amide bonds. The average molecular weight is 361 g/mol. The number of esters is 1. The fourth-order valence-electron chi connectivity index (χ4n) is 2.22. The Morgan fingerprint density at radius 2 is 1.96 bits per heavy atom. The van der Waals surface area contributed by atoms with Gasteiger partial charge >= 0.3 is 5.97 Å². The van der Waals surface area contributed by atoms with Crippen LogP contribution < -0.4 is 0 Å². The lowest BCUT2D eigenvalue weighted by molar-refractivity contribution is -0.139. The second kappa shape index (κ2) is 8.79. The molecule has 0 N–H and O–H groups in total. The summed E-state index contributed by atoms with van der Waals surface area (Å²) in [4.78, 5) is 23.6. The maximum atomic E-state index is 12.4. The predicted octanol–water partition coefficient (Wildman–Crippen LogP) is 4.22. The number of benzene rings is 1. The van der Waals surface area contributed by atoms with Gasteiger partial charge in [0.15, 0.2) is 10.8 Å². The molecule has 1 aromatic carbocycles. The molecule has 1 atom stereocenters. The molecule has 0 aromatic heterocycles. The first-order valence-corrected chi connectivity index (χ1v) is 8.44. The van der Waals surface area contributed by atoms with Crippen molar-refractivity contribution in [3.8, 4) is 0 Å². The van der Waals surface area contributed by atoms with Crippen molar-refractivity contribution in [1.29, 1.82) is 0 Å². The van der Waals surface area contributed by atoms with Gasteiger partial charge in [-0.25, -0.2) is 4.79 Å². The van der Waals surface area contributed by atoms with Gasteiger partial charge < -0.3 is 9.47 Å². The zero-order valence-corrected chi connectivity index (χ0v) is 14.9. The van der Waals surface area contributed by atoms with E-state index in [-0.39, 0.29) is 12.4 Å². The molecular formula is C20H21ClO4. The highest BCUT2D eigenvalue weighted by Crippen LogP contribution is 2.30. The molecule has 0 radical (unpaired) electrons. The van der Waals surface area contributed by atoms with Gasteiger partial charge in [0, 0.05) is 29.6 Å². The number of alkyl halides is 1. The van der Waals surface area contributed by atoms with E-state index in [0.29, 0.717) is 36.2 Å². The molecule has 1 aliphatic carbocycles. The van der Waals surface area contributed by atoms with Crippen molar-refractivity contribution in [1.82, 2.24) is 0 Å². The average Bonchev–Trinajstić information content (AvgIpc) is 2.62. The Morgan fingerprint density at radius 3 is 2.56 bits per heavy atom. The summed E-state index contributed by atoms with van der Waals surface area (Å²) in [5.74, 6) is -0.451. The molecule has 132 valence electrons. The molecule has 0 saturated heterocycles. The summed E-state index contributed by atoms with van der Waals surface area (Å²) < 4.78 is 10.6. The van der Waals surface area contributed by atoms with E-state index in [1.54, 1.807) is 37.3 Å². The standard InChI is InChI=1S/C20H21ClO4/c1-15(2)19(23)24-13-6-14-25-20(21)11-9-17(10-12-20)18(22)16-7-4-3-5-8-16/h3-5,7-11H,1,6,12-14H2,2H3. The van der Waals surface area contributed by atoms with E-state index in [2.05, 4.69) is 6.58 Å². The quantitative estimate of drug-likeness (QED) is 0.229. The Hall–Kier alpha value is -2.17. The largest absolute Gasteiger partial charge is 0.462 e. The Balaban J connectivity index is 1.79. The number of Topliss-reactive ketones (excluding diaryl/α,β-unsaturated/α-hetero) is 1. The smallest absolute Gasteiger partial charge is 0.333 e. The topological polar surface area (TPSA) is 52.6 Å². The third-order valence-corrected chi connectivity index (χ3v) is 4.01. The number of carbonyl (C=O) groups excluding carboxylic acids is 2. The van der Waals surface area contributed by atoms with Crippen molar-refractivity contribution in [2.24, 2.45) is 0 Å². The number of halogens is 1. The van der Waals surface area contributed by atoms with E-state index in [0.717, 1.165) is 0 Å². The second-order valence-electron chi connectivity index (χ2n) is 5.80. The van der Waals surface area contributed by atoms with Crippen LogP contribution in [0.25, 0.3) is 0 Å². The number of hydrogen-bond acceptors (Lipinski definition) is 4. The molecule has 1 unspecified atom stereocenters. The van der Waals surface area contributed by atoms with Crippen LogP contribution in [0.3, 0.4) is 0 Å². The molecule has 0 heterocycles. The molecule has 5 heteroatoms. The Bertz CT molecular complexity index is 706. The van der Waals surface area contributed by atoms with Gasteiger partial charge in [0.2, 0.25) is 0 Å². The molecule has 0 fully saturated rings. The van der Waals surface area contributed by atoms with Crippen LogP contribution in [0.1, 0.15) is 30.1 Å². The summed E-state index contributed by atoms with van der Waals surface area (Å²) in [6, 6.07) is 9.09. The first-order chi connectivity index (χ1) is 11.9. The number of ether oxygens (including phenoxy) is 2. The van der Waals surface area contributed by atoms with Crippen molar-refractivity contribution in [2.45, 2.75) is 24.8 Å². The van der Waals surface area contributed by atoms with Gasteiger partial charge in [0.05, 0.1) is 13.2 Å². The third-order valence-electron chi connectivity index (χ3n) is 3.62. The lowest BCUT2D eigenvalue weighted by Crippen LogP contribution is -2.26. The molecule has 25 heavy (non-hydrogen) atoms. The molecule has 1 aromatic rings.